The van der Waals surface area contributed by atoms with Gasteiger partial charge in [-0.15, -0.1) is 5.10 Å². The van der Waals surface area contributed by atoms with Gasteiger partial charge in [0.05, 0.1) is 11.7 Å². The van der Waals surface area contributed by atoms with Crippen molar-refractivity contribution in [3.63, 3.8) is 0 Å². The number of aromatic nitrogens is 3. The maximum absolute atomic E-state index is 10.0. The monoisotopic (exact) mass is 386 g/mol. The summed E-state index contributed by atoms with van der Waals surface area (Å²) < 4.78 is 1.77. The normalized spacial score (nSPS) is 31.3. The lowest BCUT2D eigenvalue weighted by Crippen LogP contribution is -2.67. The second kappa shape index (κ2) is 11.0. The Hall–Kier alpha value is -1.10. The minimum atomic E-state index is -1.59. The van der Waals surface area contributed by atoms with Crippen LogP contribution in [0.15, 0.2) is 6.20 Å². The zero-order chi connectivity index (χ0) is 19.8. The van der Waals surface area contributed by atoms with Gasteiger partial charge in [0.2, 0.25) is 0 Å². The maximum Gasteiger partial charge on any atom is 0.111 e. The lowest BCUT2D eigenvalue weighted by atomic mass is 9.83. The number of nitrogens with one attached hydrogen (secondary N) is 1. The molecule has 6 N–H and O–H groups in total. The van der Waals surface area contributed by atoms with Gasteiger partial charge in [-0.05, 0) is 6.42 Å². The van der Waals surface area contributed by atoms with Crippen molar-refractivity contribution in [2.75, 3.05) is 0 Å². The first-order chi connectivity index (χ1) is 13.0. The summed E-state index contributed by atoms with van der Waals surface area (Å²) in [4.78, 5) is 0. The minimum absolute atomic E-state index is 0.214. The van der Waals surface area contributed by atoms with Crippen molar-refractivity contribution in [3.8, 4) is 0 Å². The fraction of sp³-hybridized carbons (Fsp3) is 0.889. The standard InChI is InChI=1S/C18H34N4O5/c1-2-3-4-5-6-7-8-9-22-11-12(20-21-22)10-19-13-14(23)16(25)18(27)17(26)15(13)24/h11,13-19,23-27H,2-10H2,1H3/t13?,14-,15+,16+,17-,18?. The smallest absolute Gasteiger partial charge is 0.111 e. The molecule has 0 radical (unpaired) electrons. The molecular weight excluding hydrogens is 352 g/mol. The molecule has 27 heavy (non-hydrogen) atoms. The van der Waals surface area contributed by atoms with E-state index in [9.17, 15) is 25.5 Å². The van der Waals surface area contributed by atoms with E-state index in [1.54, 1.807) is 10.9 Å². The second-order valence-corrected chi connectivity index (χ2v) is 7.45. The Balaban J connectivity index is 1.72. The van der Waals surface area contributed by atoms with Gasteiger partial charge in [-0.2, -0.15) is 0 Å². The predicted octanol–water partition coefficient (Wildman–Crippen LogP) is -0.695. The number of aryl methyl sites for hydroxylation is 1. The molecule has 1 saturated carbocycles. The summed E-state index contributed by atoms with van der Waals surface area (Å²) in [5.41, 5.74) is 0.632. The number of aliphatic hydroxyl groups excluding tert-OH is 5. The van der Waals surface area contributed by atoms with Crippen molar-refractivity contribution in [1.82, 2.24) is 20.3 Å². The summed E-state index contributed by atoms with van der Waals surface area (Å²) in [5, 5.41) is 60.1. The second-order valence-electron chi connectivity index (χ2n) is 7.45. The molecular formula is C18H34N4O5. The van der Waals surface area contributed by atoms with E-state index in [4.69, 9.17) is 0 Å². The Labute approximate surface area is 160 Å². The molecule has 0 spiro atoms. The Morgan fingerprint density at radius 1 is 0.852 bits per heavy atom. The lowest BCUT2D eigenvalue weighted by molar-refractivity contribution is -0.190. The maximum atomic E-state index is 10.0. The Bertz CT molecular complexity index is 528. The molecule has 9 heteroatoms. The van der Waals surface area contributed by atoms with Gasteiger partial charge in [-0.1, -0.05) is 50.7 Å². The first-order valence-corrected chi connectivity index (χ1v) is 9.98. The Kier molecular flexibility index (Phi) is 9.07. The summed E-state index contributed by atoms with van der Waals surface area (Å²) in [6.07, 6.45) is 2.91. The molecule has 1 heterocycles. The average Bonchev–Trinajstić information content (AvgIpc) is 3.12. The van der Waals surface area contributed by atoms with Crippen molar-refractivity contribution in [2.45, 2.75) is 102 Å². The van der Waals surface area contributed by atoms with E-state index in [0.717, 1.165) is 19.4 Å². The van der Waals surface area contributed by atoms with E-state index < -0.39 is 36.6 Å². The van der Waals surface area contributed by atoms with E-state index in [0.29, 0.717) is 5.69 Å². The molecule has 1 fully saturated rings. The first kappa shape index (κ1) is 22.2. The summed E-state index contributed by atoms with van der Waals surface area (Å²) in [6.45, 7) is 3.21. The van der Waals surface area contributed by atoms with Crippen molar-refractivity contribution < 1.29 is 25.5 Å². The quantitative estimate of drug-likeness (QED) is 0.274. The van der Waals surface area contributed by atoms with Crippen LogP contribution in [-0.4, -0.2) is 77.1 Å². The Morgan fingerprint density at radius 2 is 1.41 bits per heavy atom. The fourth-order valence-corrected chi connectivity index (χ4v) is 3.46. The molecule has 1 aliphatic carbocycles. The third kappa shape index (κ3) is 6.20. The molecule has 0 amide bonds. The van der Waals surface area contributed by atoms with Crippen LogP contribution in [-0.2, 0) is 13.1 Å². The highest BCUT2D eigenvalue weighted by molar-refractivity contribution is 5.03. The molecule has 0 aliphatic heterocycles. The van der Waals surface area contributed by atoms with Gasteiger partial charge in [-0.3, -0.25) is 4.68 Å². The van der Waals surface area contributed by atoms with Gasteiger partial charge in [0, 0.05) is 19.3 Å². The van der Waals surface area contributed by atoms with Gasteiger partial charge in [0.1, 0.15) is 30.5 Å². The molecule has 0 saturated heterocycles. The lowest BCUT2D eigenvalue weighted by Gasteiger charge is -2.42. The number of nitrogens with zero attached hydrogens (tertiary/aromatic N) is 3. The summed E-state index contributed by atoms with van der Waals surface area (Å²) >= 11 is 0. The van der Waals surface area contributed by atoms with Crippen LogP contribution >= 0.6 is 0 Å². The summed E-state index contributed by atoms with van der Waals surface area (Å²) in [6, 6.07) is -0.980. The van der Waals surface area contributed by atoms with Crippen molar-refractivity contribution in [3.05, 3.63) is 11.9 Å². The van der Waals surface area contributed by atoms with Crippen LogP contribution in [0, 0.1) is 0 Å². The minimum Gasteiger partial charge on any atom is -0.389 e. The van der Waals surface area contributed by atoms with E-state index in [1.165, 1.54) is 32.1 Å². The van der Waals surface area contributed by atoms with E-state index in [-0.39, 0.29) is 6.54 Å². The molecule has 1 aromatic rings. The number of hydrogen-bond donors (Lipinski definition) is 6. The Morgan fingerprint density at radius 3 is 2.04 bits per heavy atom. The molecule has 9 nitrogen and oxygen atoms in total. The first-order valence-electron chi connectivity index (χ1n) is 9.98. The van der Waals surface area contributed by atoms with Crippen LogP contribution in [0.3, 0.4) is 0 Å². The summed E-state index contributed by atoms with van der Waals surface area (Å²) in [5.74, 6) is 0. The van der Waals surface area contributed by atoms with Crippen molar-refractivity contribution >= 4 is 0 Å². The average molecular weight is 386 g/mol. The van der Waals surface area contributed by atoms with Gasteiger partial charge >= 0.3 is 0 Å². The molecule has 0 bridgehead atoms. The van der Waals surface area contributed by atoms with Gasteiger partial charge in [0.25, 0.3) is 0 Å². The molecule has 2 rings (SSSR count). The van der Waals surface area contributed by atoms with Gasteiger partial charge < -0.3 is 30.8 Å². The van der Waals surface area contributed by atoms with Crippen LogP contribution < -0.4 is 5.32 Å². The molecule has 2 unspecified atom stereocenters. The highest BCUT2D eigenvalue weighted by Crippen LogP contribution is 2.21. The van der Waals surface area contributed by atoms with Crippen LogP contribution in [0.4, 0.5) is 0 Å². The molecule has 1 aromatic heterocycles. The van der Waals surface area contributed by atoms with E-state index in [2.05, 4.69) is 22.6 Å². The predicted molar refractivity (Wildman–Crippen MR) is 98.7 cm³/mol. The number of hydrogen-bond acceptors (Lipinski definition) is 8. The molecule has 156 valence electrons. The number of aliphatic hydroxyl groups is 5. The highest BCUT2D eigenvalue weighted by Gasteiger charge is 2.47. The van der Waals surface area contributed by atoms with Gasteiger partial charge in [0.15, 0.2) is 0 Å². The van der Waals surface area contributed by atoms with Crippen LogP contribution in [0.1, 0.15) is 57.6 Å². The fourth-order valence-electron chi connectivity index (χ4n) is 3.46. The van der Waals surface area contributed by atoms with Crippen LogP contribution in [0.5, 0.6) is 0 Å². The largest absolute Gasteiger partial charge is 0.389 e. The van der Waals surface area contributed by atoms with Gasteiger partial charge in [-0.25, -0.2) is 0 Å². The van der Waals surface area contributed by atoms with Crippen LogP contribution in [0.25, 0.3) is 0 Å². The third-order valence-corrected chi connectivity index (χ3v) is 5.23. The molecule has 0 aromatic carbocycles. The molecule has 1 aliphatic rings. The number of rotatable bonds is 11. The van der Waals surface area contributed by atoms with Crippen molar-refractivity contribution in [2.24, 2.45) is 0 Å². The zero-order valence-electron chi connectivity index (χ0n) is 16.0. The van der Waals surface area contributed by atoms with E-state index >= 15 is 0 Å². The van der Waals surface area contributed by atoms with Crippen molar-refractivity contribution in [1.29, 1.82) is 0 Å². The SMILES string of the molecule is CCCCCCCCCn1cc(CNC2[C@@H](O)[C@H](O)C(O)[C@H](O)[C@H]2O)nn1. The number of unbranched alkanes of at least 4 members (excludes halogenated alkanes) is 6. The summed E-state index contributed by atoms with van der Waals surface area (Å²) in [7, 11) is 0. The topological polar surface area (TPSA) is 144 Å². The van der Waals surface area contributed by atoms with E-state index in [1.807, 2.05) is 0 Å². The third-order valence-electron chi connectivity index (χ3n) is 5.23. The zero-order valence-corrected chi connectivity index (χ0v) is 16.0. The van der Waals surface area contributed by atoms with Crippen LogP contribution in [0.2, 0.25) is 0 Å². The molecule has 6 atom stereocenters. The highest BCUT2D eigenvalue weighted by atomic mass is 16.4.